The Morgan fingerprint density at radius 3 is 2.88 bits per heavy atom. The lowest BCUT2D eigenvalue weighted by Gasteiger charge is -2.38. The van der Waals surface area contributed by atoms with Crippen LogP contribution in [0.3, 0.4) is 0 Å². The second kappa shape index (κ2) is 6.29. The lowest BCUT2D eigenvalue weighted by atomic mass is 10.0. The molecule has 1 unspecified atom stereocenters. The van der Waals surface area contributed by atoms with Crippen LogP contribution in [-0.4, -0.2) is 52.6 Å². The Bertz CT molecular complexity index is 929. The molecule has 4 heterocycles. The first-order valence-corrected chi connectivity index (χ1v) is 9.32. The molecule has 5 rings (SSSR count). The summed E-state index contributed by atoms with van der Waals surface area (Å²) in [4.78, 5) is 16.9. The summed E-state index contributed by atoms with van der Waals surface area (Å²) in [6.07, 6.45) is 4.63. The van der Waals surface area contributed by atoms with Gasteiger partial charge in [-0.1, -0.05) is 12.1 Å². The molecule has 0 radical (unpaired) electrons. The molecule has 2 aliphatic heterocycles. The number of H-pyrrole nitrogens is 1. The first-order chi connectivity index (χ1) is 12.8. The second-order valence-electron chi connectivity index (χ2n) is 7.13. The molecule has 0 aliphatic carbocycles. The highest BCUT2D eigenvalue weighted by Gasteiger charge is 2.24. The van der Waals surface area contributed by atoms with E-state index in [-0.39, 0.29) is 0 Å². The van der Waals surface area contributed by atoms with Gasteiger partial charge < -0.3 is 14.6 Å². The van der Waals surface area contributed by atoms with Crippen LogP contribution < -0.4 is 9.64 Å². The number of ether oxygens (including phenoxy) is 1. The van der Waals surface area contributed by atoms with Crippen molar-refractivity contribution in [2.75, 3.05) is 37.7 Å². The molecule has 0 amide bonds. The number of hydrogen-bond donors (Lipinski definition) is 1. The molecule has 6 nitrogen and oxygen atoms in total. The Balaban J connectivity index is 1.27. The average molecular weight is 349 g/mol. The quantitative estimate of drug-likeness (QED) is 0.788. The molecule has 2 aliphatic rings. The summed E-state index contributed by atoms with van der Waals surface area (Å²) in [6.45, 7) is 7.13. The summed E-state index contributed by atoms with van der Waals surface area (Å²) >= 11 is 0. The normalized spacial score (nSPS) is 18.7. The van der Waals surface area contributed by atoms with Crippen molar-refractivity contribution in [1.82, 2.24) is 19.9 Å². The van der Waals surface area contributed by atoms with Crippen molar-refractivity contribution >= 4 is 16.9 Å². The number of aromatic amines is 1. The van der Waals surface area contributed by atoms with E-state index in [1.165, 1.54) is 11.1 Å². The fraction of sp³-hybridized carbons (Fsp3) is 0.400. The van der Waals surface area contributed by atoms with E-state index in [0.717, 1.165) is 61.8 Å². The van der Waals surface area contributed by atoms with Gasteiger partial charge in [0.1, 0.15) is 11.6 Å². The van der Waals surface area contributed by atoms with Crippen LogP contribution in [0.5, 0.6) is 5.75 Å². The summed E-state index contributed by atoms with van der Waals surface area (Å²) in [5.41, 5.74) is 4.64. The second-order valence-corrected chi connectivity index (χ2v) is 7.13. The van der Waals surface area contributed by atoms with Gasteiger partial charge in [0.25, 0.3) is 0 Å². The maximum absolute atomic E-state index is 5.74. The molecule has 3 aromatic rings. The minimum atomic E-state index is 0.397. The highest BCUT2D eigenvalue weighted by atomic mass is 16.5. The molecule has 0 saturated carbocycles. The van der Waals surface area contributed by atoms with E-state index in [0.29, 0.717) is 6.04 Å². The lowest BCUT2D eigenvalue weighted by molar-refractivity contribution is 0.198. The highest BCUT2D eigenvalue weighted by Crippen LogP contribution is 2.31. The van der Waals surface area contributed by atoms with E-state index in [9.17, 15) is 0 Å². The number of anilines is 1. The van der Waals surface area contributed by atoms with Gasteiger partial charge in [0.05, 0.1) is 30.2 Å². The van der Waals surface area contributed by atoms with Crippen molar-refractivity contribution in [2.24, 2.45) is 0 Å². The van der Waals surface area contributed by atoms with Gasteiger partial charge in [-0.3, -0.25) is 4.90 Å². The van der Waals surface area contributed by atoms with E-state index < -0.39 is 0 Å². The first kappa shape index (κ1) is 15.6. The number of piperazine rings is 1. The van der Waals surface area contributed by atoms with Crippen LogP contribution in [0.2, 0.25) is 0 Å². The molecular weight excluding hydrogens is 326 g/mol. The van der Waals surface area contributed by atoms with E-state index in [1.807, 2.05) is 6.20 Å². The van der Waals surface area contributed by atoms with E-state index >= 15 is 0 Å². The summed E-state index contributed by atoms with van der Waals surface area (Å²) in [7, 11) is 0. The molecule has 134 valence electrons. The van der Waals surface area contributed by atoms with Crippen LogP contribution in [0.4, 0.5) is 5.82 Å². The largest absolute Gasteiger partial charge is 0.493 e. The Labute approximate surface area is 152 Å². The third-order valence-corrected chi connectivity index (χ3v) is 5.68. The zero-order chi connectivity index (χ0) is 17.5. The maximum atomic E-state index is 5.74. The summed E-state index contributed by atoms with van der Waals surface area (Å²) in [5, 5.41) is 0. The van der Waals surface area contributed by atoms with Gasteiger partial charge in [0, 0.05) is 44.7 Å². The lowest BCUT2D eigenvalue weighted by Crippen LogP contribution is -2.47. The van der Waals surface area contributed by atoms with Gasteiger partial charge in [-0.05, 0) is 24.1 Å². The standard InChI is InChI=1S/C20H23N5O/c1-14(16-3-2-15-4-9-26-19(15)10-16)24-5-7-25(8-6-24)20-11-17-18(12-21-20)23-13-22-17/h2-3,10-14H,4-9H2,1H3,(H,22,23). The van der Waals surface area contributed by atoms with E-state index in [1.54, 1.807) is 6.33 Å². The third-order valence-electron chi connectivity index (χ3n) is 5.68. The van der Waals surface area contributed by atoms with Crippen molar-refractivity contribution in [2.45, 2.75) is 19.4 Å². The minimum absolute atomic E-state index is 0.397. The number of fused-ring (bicyclic) bond motifs is 2. The predicted octanol–water partition coefficient (Wildman–Crippen LogP) is 2.78. The Morgan fingerprint density at radius 2 is 2.00 bits per heavy atom. The minimum Gasteiger partial charge on any atom is -0.493 e. The smallest absolute Gasteiger partial charge is 0.130 e. The third kappa shape index (κ3) is 2.70. The first-order valence-electron chi connectivity index (χ1n) is 9.32. The van der Waals surface area contributed by atoms with Crippen LogP contribution in [-0.2, 0) is 6.42 Å². The van der Waals surface area contributed by atoms with Crippen LogP contribution in [0, 0.1) is 0 Å². The number of rotatable bonds is 3. The highest BCUT2D eigenvalue weighted by molar-refractivity contribution is 5.76. The Kier molecular flexibility index (Phi) is 3.78. The van der Waals surface area contributed by atoms with E-state index in [4.69, 9.17) is 4.74 Å². The van der Waals surface area contributed by atoms with Crippen molar-refractivity contribution < 1.29 is 4.74 Å². The van der Waals surface area contributed by atoms with Crippen molar-refractivity contribution in [3.8, 4) is 5.75 Å². The van der Waals surface area contributed by atoms with Crippen LogP contribution in [0.15, 0.2) is 36.8 Å². The fourth-order valence-corrected chi connectivity index (χ4v) is 3.99. The Morgan fingerprint density at radius 1 is 1.12 bits per heavy atom. The number of pyridine rings is 1. The van der Waals surface area contributed by atoms with Crippen molar-refractivity contribution in [3.05, 3.63) is 47.9 Å². The van der Waals surface area contributed by atoms with Crippen molar-refractivity contribution in [3.63, 3.8) is 0 Å². The molecule has 6 heteroatoms. The van der Waals surface area contributed by atoms with Gasteiger partial charge in [-0.2, -0.15) is 0 Å². The SMILES string of the molecule is CC(c1ccc2c(c1)OCC2)N1CCN(c2cc3nc[nH]c3cn2)CC1. The summed E-state index contributed by atoms with van der Waals surface area (Å²) < 4.78 is 5.74. The zero-order valence-electron chi connectivity index (χ0n) is 15.0. The monoisotopic (exact) mass is 349 g/mol. The molecule has 1 saturated heterocycles. The summed E-state index contributed by atoms with van der Waals surface area (Å²) in [6, 6.07) is 9.19. The number of imidazole rings is 1. The zero-order valence-corrected chi connectivity index (χ0v) is 15.0. The van der Waals surface area contributed by atoms with Crippen molar-refractivity contribution in [1.29, 1.82) is 0 Å². The number of nitrogens with one attached hydrogen (secondary N) is 1. The van der Waals surface area contributed by atoms with Gasteiger partial charge in [0.2, 0.25) is 0 Å². The molecule has 26 heavy (non-hydrogen) atoms. The summed E-state index contributed by atoms with van der Waals surface area (Å²) in [5.74, 6) is 2.09. The molecule has 0 bridgehead atoms. The Hall–Kier alpha value is -2.60. The fourth-order valence-electron chi connectivity index (χ4n) is 3.99. The van der Waals surface area contributed by atoms with Gasteiger partial charge in [0.15, 0.2) is 0 Å². The molecule has 1 N–H and O–H groups in total. The number of nitrogens with zero attached hydrogens (tertiary/aromatic N) is 4. The van der Waals surface area contributed by atoms with Crippen LogP contribution in [0.25, 0.3) is 11.0 Å². The molecule has 0 spiro atoms. The molecule has 1 fully saturated rings. The van der Waals surface area contributed by atoms with E-state index in [2.05, 4.69) is 55.9 Å². The maximum Gasteiger partial charge on any atom is 0.130 e. The number of aromatic nitrogens is 3. The predicted molar refractivity (Wildman–Crippen MR) is 102 cm³/mol. The topological polar surface area (TPSA) is 57.3 Å². The number of hydrogen-bond acceptors (Lipinski definition) is 5. The molecule has 1 atom stereocenters. The van der Waals surface area contributed by atoms with Crippen LogP contribution in [0.1, 0.15) is 24.1 Å². The molecule has 2 aromatic heterocycles. The van der Waals surface area contributed by atoms with Gasteiger partial charge in [-0.15, -0.1) is 0 Å². The average Bonchev–Trinajstić information content (AvgIpc) is 3.35. The number of benzene rings is 1. The molecular formula is C20H23N5O. The van der Waals surface area contributed by atoms with Crippen LogP contribution >= 0.6 is 0 Å². The van der Waals surface area contributed by atoms with Gasteiger partial charge >= 0.3 is 0 Å². The van der Waals surface area contributed by atoms with Gasteiger partial charge in [-0.25, -0.2) is 9.97 Å². The molecule has 1 aromatic carbocycles.